The van der Waals surface area contributed by atoms with Gasteiger partial charge in [-0.15, -0.1) is 0 Å². The largest absolute Gasteiger partial charge is 0.380 e. The smallest absolute Gasteiger partial charge is 0.213 e. The van der Waals surface area contributed by atoms with Crippen LogP contribution < -0.4 is 0 Å². The van der Waals surface area contributed by atoms with Crippen molar-refractivity contribution in [2.24, 2.45) is 0 Å². The highest BCUT2D eigenvalue weighted by Gasteiger charge is 2.38. The molecule has 3 nitrogen and oxygen atoms in total. The van der Waals surface area contributed by atoms with Gasteiger partial charge in [-0.05, 0) is 17.7 Å². The number of ether oxygens (including phenoxy) is 1. The maximum absolute atomic E-state index is 12.6. The van der Waals surface area contributed by atoms with Gasteiger partial charge in [-0.3, -0.25) is 0 Å². The molecule has 1 aromatic rings. The quantitative estimate of drug-likeness (QED) is 0.620. The minimum Gasteiger partial charge on any atom is -0.380 e. The predicted octanol–water partition coefficient (Wildman–Crippen LogP) is 0.439. The van der Waals surface area contributed by atoms with E-state index in [-0.39, 0.29) is 13.2 Å². The van der Waals surface area contributed by atoms with Crippen molar-refractivity contribution in [1.29, 1.82) is 0 Å². The van der Waals surface area contributed by atoms with E-state index < -0.39 is 11.5 Å². The molecule has 0 bridgehead atoms. The first-order chi connectivity index (χ1) is 5.71. The third-order valence-electron chi connectivity index (χ3n) is 1.95. The average Bonchev–Trinajstić information content (AvgIpc) is 2.00. The van der Waals surface area contributed by atoms with Crippen molar-refractivity contribution in [2.75, 3.05) is 13.2 Å². The number of pyridine rings is 1. The van der Waals surface area contributed by atoms with Crippen LogP contribution in [0.1, 0.15) is 5.56 Å². The standard InChI is InChI=1S/C8H8FNO2/c9-7-3-6(1-2-10-7)8(11)4-12-5-8/h1-3,11H,4-5H2. The van der Waals surface area contributed by atoms with E-state index in [9.17, 15) is 9.50 Å². The van der Waals surface area contributed by atoms with E-state index in [4.69, 9.17) is 4.74 Å². The van der Waals surface area contributed by atoms with Gasteiger partial charge in [-0.25, -0.2) is 4.98 Å². The van der Waals surface area contributed by atoms with E-state index in [1.165, 1.54) is 12.3 Å². The van der Waals surface area contributed by atoms with E-state index in [1.54, 1.807) is 6.07 Å². The maximum Gasteiger partial charge on any atom is 0.213 e. The van der Waals surface area contributed by atoms with E-state index in [2.05, 4.69) is 4.98 Å². The fourth-order valence-electron chi connectivity index (χ4n) is 1.15. The molecular formula is C8H8FNO2. The minimum atomic E-state index is -0.996. The van der Waals surface area contributed by atoms with Crippen LogP contribution in [0.2, 0.25) is 0 Å². The number of hydrogen-bond acceptors (Lipinski definition) is 3. The normalized spacial score (nSPS) is 20.2. The summed E-state index contributed by atoms with van der Waals surface area (Å²) in [5.41, 5.74) is -0.467. The summed E-state index contributed by atoms with van der Waals surface area (Å²) in [6.45, 7) is 0.465. The molecule has 0 aromatic carbocycles. The Morgan fingerprint density at radius 3 is 2.83 bits per heavy atom. The maximum atomic E-state index is 12.6. The Labute approximate surface area is 68.8 Å². The topological polar surface area (TPSA) is 42.4 Å². The van der Waals surface area contributed by atoms with Crippen LogP contribution in [-0.2, 0) is 10.3 Å². The number of halogens is 1. The Balaban J connectivity index is 2.33. The van der Waals surface area contributed by atoms with E-state index >= 15 is 0 Å². The molecule has 0 unspecified atom stereocenters. The zero-order chi connectivity index (χ0) is 8.60. The van der Waals surface area contributed by atoms with E-state index in [0.29, 0.717) is 5.56 Å². The molecule has 64 valence electrons. The molecule has 2 heterocycles. The lowest BCUT2D eigenvalue weighted by Crippen LogP contribution is -2.46. The molecule has 12 heavy (non-hydrogen) atoms. The second kappa shape index (κ2) is 2.50. The second-order valence-electron chi connectivity index (χ2n) is 2.89. The first-order valence-electron chi connectivity index (χ1n) is 3.63. The monoisotopic (exact) mass is 169 g/mol. The van der Waals surface area contributed by atoms with Crippen LogP contribution in [0.4, 0.5) is 4.39 Å². The van der Waals surface area contributed by atoms with Crippen molar-refractivity contribution in [3.05, 3.63) is 29.8 Å². The fraction of sp³-hybridized carbons (Fsp3) is 0.375. The Bertz CT molecular complexity index is 299. The van der Waals surface area contributed by atoms with Crippen LogP contribution in [0.3, 0.4) is 0 Å². The van der Waals surface area contributed by atoms with Crippen molar-refractivity contribution in [3.63, 3.8) is 0 Å². The Hall–Kier alpha value is -1.00. The molecule has 1 saturated heterocycles. The third kappa shape index (κ3) is 1.09. The molecule has 1 aromatic heterocycles. The van der Waals surface area contributed by atoms with Gasteiger partial charge in [0.15, 0.2) is 0 Å². The molecule has 0 aliphatic carbocycles. The number of nitrogens with zero attached hydrogens (tertiary/aromatic N) is 1. The lowest BCUT2D eigenvalue weighted by molar-refractivity contribution is -0.184. The SMILES string of the molecule is OC1(c2ccnc(F)c2)COC1. The van der Waals surface area contributed by atoms with Gasteiger partial charge in [0, 0.05) is 6.20 Å². The van der Waals surface area contributed by atoms with Crippen LogP contribution in [0.25, 0.3) is 0 Å². The highest BCUT2D eigenvalue weighted by Crippen LogP contribution is 2.28. The van der Waals surface area contributed by atoms with Crippen LogP contribution in [0.15, 0.2) is 18.3 Å². The first kappa shape index (κ1) is 7.64. The predicted molar refractivity (Wildman–Crippen MR) is 38.9 cm³/mol. The summed E-state index contributed by atoms with van der Waals surface area (Å²) in [5, 5.41) is 9.69. The summed E-state index contributed by atoms with van der Waals surface area (Å²) in [4.78, 5) is 3.39. The lowest BCUT2D eigenvalue weighted by Gasteiger charge is -2.36. The molecule has 1 aliphatic heterocycles. The van der Waals surface area contributed by atoms with Crippen LogP contribution in [0, 0.1) is 5.95 Å². The zero-order valence-corrected chi connectivity index (χ0v) is 6.33. The molecule has 0 atom stereocenters. The van der Waals surface area contributed by atoms with Gasteiger partial charge in [0.1, 0.15) is 5.60 Å². The van der Waals surface area contributed by atoms with Crippen molar-refractivity contribution in [2.45, 2.75) is 5.60 Å². The molecule has 0 amide bonds. The molecule has 0 radical (unpaired) electrons. The summed E-state index contributed by atoms with van der Waals surface area (Å²) in [7, 11) is 0. The van der Waals surface area contributed by atoms with Gasteiger partial charge in [-0.2, -0.15) is 4.39 Å². The van der Waals surface area contributed by atoms with Gasteiger partial charge >= 0.3 is 0 Å². The fourth-order valence-corrected chi connectivity index (χ4v) is 1.15. The number of hydrogen-bond donors (Lipinski definition) is 1. The molecule has 1 N–H and O–H groups in total. The Morgan fingerprint density at radius 1 is 1.58 bits per heavy atom. The van der Waals surface area contributed by atoms with Crippen molar-refractivity contribution in [1.82, 2.24) is 4.98 Å². The van der Waals surface area contributed by atoms with Crippen molar-refractivity contribution >= 4 is 0 Å². The molecular weight excluding hydrogens is 161 g/mol. The van der Waals surface area contributed by atoms with E-state index in [1.807, 2.05) is 0 Å². The van der Waals surface area contributed by atoms with Gasteiger partial charge < -0.3 is 9.84 Å². The molecule has 0 spiro atoms. The summed E-state index contributed by atoms with van der Waals surface area (Å²) in [5.74, 6) is -0.576. The highest BCUT2D eigenvalue weighted by molar-refractivity contribution is 5.21. The second-order valence-corrected chi connectivity index (χ2v) is 2.89. The highest BCUT2D eigenvalue weighted by atomic mass is 19.1. The molecule has 4 heteroatoms. The summed E-state index contributed by atoms with van der Waals surface area (Å²) in [6, 6.07) is 2.81. The van der Waals surface area contributed by atoms with Gasteiger partial charge in [0.2, 0.25) is 5.95 Å². The van der Waals surface area contributed by atoms with E-state index in [0.717, 1.165) is 0 Å². The zero-order valence-electron chi connectivity index (χ0n) is 6.33. The van der Waals surface area contributed by atoms with Gasteiger partial charge in [-0.1, -0.05) is 0 Å². The van der Waals surface area contributed by atoms with Crippen LogP contribution in [-0.4, -0.2) is 23.3 Å². The molecule has 1 aliphatic rings. The summed E-state index contributed by atoms with van der Waals surface area (Å²) >= 11 is 0. The van der Waals surface area contributed by atoms with Crippen molar-refractivity contribution in [3.8, 4) is 0 Å². The Morgan fingerprint density at radius 2 is 2.33 bits per heavy atom. The Kier molecular flexibility index (Phi) is 1.59. The first-order valence-corrected chi connectivity index (χ1v) is 3.63. The molecule has 2 rings (SSSR count). The number of aromatic nitrogens is 1. The molecule has 0 saturated carbocycles. The minimum absolute atomic E-state index is 0.233. The lowest BCUT2D eigenvalue weighted by atomic mass is 9.93. The summed E-state index contributed by atoms with van der Waals surface area (Å²) in [6.07, 6.45) is 1.33. The van der Waals surface area contributed by atoms with Gasteiger partial charge in [0.05, 0.1) is 13.2 Å². The van der Waals surface area contributed by atoms with Gasteiger partial charge in [0.25, 0.3) is 0 Å². The van der Waals surface area contributed by atoms with Crippen LogP contribution >= 0.6 is 0 Å². The third-order valence-corrected chi connectivity index (χ3v) is 1.95. The van der Waals surface area contributed by atoms with Crippen molar-refractivity contribution < 1.29 is 14.2 Å². The average molecular weight is 169 g/mol. The molecule has 1 fully saturated rings. The van der Waals surface area contributed by atoms with Crippen LogP contribution in [0.5, 0.6) is 0 Å². The number of aliphatic hydroxyl groups is 1. The number of rotatable bonds is 1. The summed E-state index contributed by atoms with van der Waals surface area (Å²) < 4.78 is 17.4.